The molecule has 2 rings (SSSR count). The van der Waals surface area contributed by atoms with E-state index in [0.29, 0.717) is 13.1 Å². The number of amides is 1. The maximum absolute atomic E-state index is 12.6. The van der Waals surface area contributed by atoms with E-state index in [0.717, 1.165) is 12.2 Å². The maximum atomic E-state index is 12.6. The van der Waals surface area contributed by atoms with Crippen molar-refractivity contribution in [3.05, 3.63) is 44.8 Å². The molecule has 0 saturated heterocycles. The molecule has 2 N–H and O–H groups in total. The lowest BCUT2D eigenvalue weighted by Crippen LogP contribution is -2.43. The third kappa shape index (κ3) is 5.14. The molecule has 0 aliphatic carbocycles. The Bertz CT molecular complexity index is 489. The van der Waals surface area contributed by atoms with Crippen molar-refractivity contribution in [2.75, 3.05) is 12.0 Å². The zero-order valence-electron chi connectivity index (χ0n) is 12.0. The Balaban J connectivity index is 2.04. The summed E-state index contributed by atoms with van der Waals surface area (Å²) in [7, 11) is 0. The van der Waals surface area contributed by atoms with Gasteiger partial charge in [-0.05, 0) is 41.3 Å². The molecule has 114 valence electrons. The number of hydrogen-bond acceptors (Lipinski definition) is 5. The van der Waals surface area contributed by atoms with Crippen LogP contribution in [0.5, 0.6) is 0 Å². The zero-order chi connectivity index (χ0) is 15.1. The van der Waals surface area contributed by atoms with Crippen LogP contribution in [0.15, 0.2) is 35.0 Å². The van der Waals surface area contributed by atoms with Crippen molar-refractivity contribution < 1.29 is 4.79 Å². The highest BCUT2D eigenvalue weighted by atomic mass is 32.2. The van der Waals surface area contributed by atoms with Crippen LogP contribution < -0.4 is 5.73 Å². The normalized spacial score (nSPS) is 12.3. The Morgan fingerprint density at radius 1 is 1.24 bits per heavy atom. The first-order chi connectivity index (χ1) is 10.2. The molecule has 21 heavy (non-hydrogen) atoms. The fourth-order valence-corrected chi connectivity index (χ4v) is 3.92. The van der Waals surface area contributed by atoms with Crippen LogP contribution in [0.1, 0.15) is 16.2 Å². The van der Waals surface area contributed by atoms with Gasteiger partial charge in [-0.15, -0.1) is 22.7 Å². The van der Waals surface area contributed by atoms with Crippen molar-refractivity contribution in [3.63, 3.8) is 0 Å². The van der Waals surface area contributed by atoms with Crippen molar-refractivity contribution in [1.29, 1.82) is 0 Å². The van der Waals surface area contributed by atoms with E-state index in [1.807, 2.05) is 34.0 Å². The van der Waals surface area contributed by atoms with Crippen molar-refractivity contribution in [1.82, 2.24) is 4.90 Å². The summed E-state index contributed by atoms with van der Waals surface area (Å²) in [5.74, 6) is 0.963. The first kappa shape index (κ1) is 16.5. The highest BCUT2D eigenvalue weighted by Crippen LogP contribution is 2.18. The van der Waals surface area contributed by atoms with Gasteiger partial charge >= 0.3 is 0 Å². The van der Waals surface area contributed by atoms with E-state index in [2.05, 4.69) is 12.1 Å². The molecule has 6 heteroatoms. The minimum absolute atomic E-state index is 0.0471. The summed E-state index contributed by atoms with van der Waals surface area (Å²) in [5, 5.41) is 4.08. The molecule has 0 aliphatic heterocycles. The van der Waals surface area contributed by atoms with Crippen molar-refractivity contribution in [3.8, 4) is 0 Å². The lowest BCUT2D eigenvalue weighted by atomic mass is 10.2. The van der Waals surface area contributed by atoms with E-state index in [1.165, 1.54) is 9.75 Å². The second-order valence-electron chi connectivity index (χ2n) is 4.74. The molecule has 0 unspecified atom stereocenters. The number of rotatable bonds is 8. The summed E-state index contributed by atoms with van der Waals surface area (Å²) < 4.78 is 0. The Morgan fingerprint density at radius 2 is 1.81 bits per heavy atom. The largest absolute Gasteiger partial charge is 0.331 e. The van der Waals surface area contributed by atoms with Crippen LogP contribution in [0.3, 0.4) is 0 Å². The molecule has 0 spiro atoms. The predicted molar refractivity (Wildman–Crippen MR) is 93.9 cm³/mol. The lowest BCUT2D eigenvalue weighted by Gasteiger charge is -2.25. The van der Waals surface area contributed by atoms with Crippen LogP contribution in [-0.2, 0) is 17.9 Å². The average Bonchev–Trinajstić information content (AvgIpc) is 3.16. The zero-order valence-corrected chi connectivity index (χ0v) is 14.5. The smallest absolute Gasteiger partial charge is 0.240 e. The standard InChI is InChI=1S/C15H20N2OS3/c1-19-9-6-14(16)15(18)17(10-12-4-2-7-20-12)11-13-5-3-8-21-13/h2-5,7-8,14H,6,9-11,16H2,1H3/t14-/m1/s1. The second kappa shape index (κ2) is 8.58. The van der Waals surface area contributed by atoms with Gasteiger partial charge < -0.3 is 10.6 Å². The average molecular weight is 341 g/mol. The fourth-order valence-electron chi connectivity index (χ4n) is 2.00. The number of nitrogens with zero attached hydrogens (tertiary/aromatic N) is 1. The number of nitrogens with two attached hydrogens (primary N) is 1. The SMILES string of the molecule is CSCC[C@@H](N)C(=O)N(Cc1cccs1)Cc1cccs1. The Kier molecular flexibility index (Phi) is 6.76. The van der Waals surface area contributed by atoms with E-state index < -0.39 is 6.04 Å². The number of thioether (sulfide) groups is 1. The van der Waals surface area contributed by atoms with Crippen LogP contribution in [0.4, 0.5) is 0 Å². The number of carbonyl (C=O) groups excluding carboxylic acids is 1. The molecule has 0 aliphatic rings. The third-order valence-electron chi connectivity index (χ3n) is 3.12. The molecule has 0 bridgehead atoms. The predicted octanol–water partition coefficient (Wildman–Crippen LogP) is 3.42. The minimum Gasteiger partial charge on any atom is -0.331 e. The van der Waals surface area contributed by atoms with E-state index >= 15 is 0 Å². The van der Waals surface area contributed by atoms with Crippen LogP contribution in [0, 0.1) is 0 Å². The fraction of sp³-hybridized carbons (Fsp3) is 0.400. The van der Waals surface area contributed by atoms with Gasteiger partial charge in [-0.2, -0.15) is 11.8 Å². The molecule has 1 atom stereocenters. The van der Waals surface area contributed by atoms with Gasteiger partial charge in [-0.25, -0.2) is 0 Å². The number of hydrogen-bond donors (Lipinski definition) is 1. The molecular formula is C15H20N2OS3. The molecule has 2 aromatic heterocycles. The molecule has 0 saturated carbocycles. The van der Waals surface area contributed by atoms with Crippen molar-refractivity contribution in [2.24, 2.45) is 5.73 Å². The molecule has 0 radical (unpaired) electrons. The molecular weight excluding hydrogens is 320 g/mol. The van der Waals surface area contributed by atoms with Crippen LogP contribution in [0.25, 0.3) is 0 Å². The summed E-state index contributed by atoms with van der Waals surface area (Å²) in [5.41, 5.74) is 6.06. The van der Waals surface area contributed by atoms with E-state index in [-0.39, 0.29) is 5.91 Å². The van der Waals surface area contributed by atoms with Gasteiger partial charge in [0.2, 0.25) is 5.91 Å². The second-order valence-corrected chi connectivity index (χ2v) is 7.79. The van der Waals surface area contributed by atoms with Gasteiger partial charge in [0.15, 0.2) is 0 Å². The quantitative estimate of drug-likeness (QED) is 0.801. The lowest BCUT2D eigenvalue weighted by molar-refractivity contribution is -0.133. The van der Waals surface area contributed by atoms with Gasteiger partial charge in [0.05, 0.1) is 19.1 Å². The van der Waals surface area contributed by atoms with E-state index in [4.69, 9.17) is 5.73 Å². The summed E-state index contributed by atoms with van der Waals surface area (Å²) in [6.07, 6.45) is 2.76. The first-order valence-corrected chi connectivity index (χ1v) is 9.94. The maximum Gasteiger partial charge on any atom is 0.240 e. The summed E-state index contributed by atoms with van der Waals surface area (Å²) >= 11 is 5.07. The van der Waals surface area contributed by atoms with Gasteiger partial charge in [0.25, 0.3) is 0 Å². The van der Waals surface area contributed by atoms with Gasteiger partial charge in [0, 0.05) is 9.75 Å². The van der Waals surface area contributed by atoms with Gasteiger partial charge in [-0.1, -0.05) is 12.1 Å². The summed E-state index contributed by atoms with van der Waals surface area (Å²) in [6, 6.07) is 7.75. The minimum atomic E-state index is -0.405. The molecule has 2 aromatic rings. The van der Waals surface area contributed by atoms with Gasteiger partial charge in [-0.3, -0.25) is 4.79 Å². The van der Waals surface area contributed by atoms with Crippen molar-refractivity contribution in [2.45, 2.75) is 25.6 Å². The highest BCUT2D eigenvalue weighted by molar-refractivity contribution is 7.98. The summed E-state index contributed by atoms with van der Waals surface area (Å²) in [4.78, 5) is 16.9. The highest BCUT2D eigenvalue weighted by Gasteiger charge is 2.21. The topological polar surface area (TPSA) is 46.3 Å². The van der Waals surface area contributed by atoms with E-state index in [1.54, 1.807) is 34.4 Å². The van der Waals surface area contributed by atoms with Crippen LogP contribution in [0.2, 0.25) is 0 Å². The van der Waals surface area contributed by atoms with Crippen LogP contribution in [-0.4, -0.2) is 28.9 Å². The molecule has 1 amide bonds. The van der Waals surface area contributed by atoms with Crippen LogP contribution >= 0.6 is 34.4 Å². The molecule has 0 aromatic carbocycles. The monoisotopic (exact) mass is 340 g/mol. The Hall–Kier alpha value is -0.820. The number of carbonyl (C=O) groups is 1. The Labute approximate surface area is 138 Å². The van der Waals surface area contributed by atoms with Crippen molar-refractivity contribution >= 4 is 40.3 Å². The van der Waals surface area contributed by atoms with Gasteiger partial charge in [0.1, 0.15) is 0 Å². The van der Waals surface area contributed by atoms with E-state index in [9.17, 15) is 4.79 Å². The third-order valence-corrected chi connectivity index (χ3v) is 5.48. The first-order valence-electron chi connectivity index (χ1n) is 6.78. The molecule has 0 fully saturated rings. The molecule has 2 heterocycles. The summed E-state index contributed by atoms with van der Waals surface area (Å²) in [6.45, 7) is 1.28. The Morgan fingerprint density at radius 3 is 2.24 bits per heavy atom. The molecule has 3 nitrogen and oxygen atoms in total. The number of thiophene rings is 2.